The van der Waals surface area contributed by atoms with Crippen LogP contribution < -0.4 is 5.32 Å². The summed E-state index contributed by atoms with van der Waals surface area (Å²) >= 11 is 3.29. The number of fused-ring (bicyclic) bond motifs is 1. The second-order valence-corrected chi connectivity index (χ2v) is 8.60. The Labute approximate surface area is 201 Å². The van der Waals surface area contributed by atoms with Crippen LogP contribution >= 0.6 is 15.9 Å². The molecule has 2 heterocycles. The molecule has 0 aliphatic heterocycles. The first-order chi connectivity index (χ1) is 16.1. The van der Waals surface area contributed by atoms with Gasteiger partial charge in [-0.25, -0.2) is 4.98 Å². The molecular weight excluding hydrogens is 511 g/mol. The zero-order valence-electron chi connectivity index (χ0n) is 18.0. The second kappa shape index (κ2) is 8.91. The third-order valence-corrected chi connectivity index (χ3v) is 5.81. The summed E-state index contributed by atoms with van der Waals surface area (Å²) in [6.45, 7) is 3.82. The summed E-state index contributed by atoms with van der Waals surface area (Å²) in [7, 11) is 0. The van der Waals surface area contributed by atoms with Crippen LogP contribution in [0.25, 0.3) is 10.9 Å². The van der Waals surface area contributed by atoms with E-state index >= 15 is 0 Å². The predicted molar refractivity (Wildman–Crippen MR) is 124 cm³/mol. The lowest BCUT2D eigenvalue weighted by atomic mass is 10.1. The lowest BCUT2D eigenvalue weighted by molar-refractivity contribution is -0.140. The van der Waals surface area contributed by atoms with Gasteiger partial charge in [-0.3, -0.25) is 9.48 Å². The molecule has 0 bridgehead atoms. The lowest BCUT2D eigenvalue weighted by Gasteiger charge is -2.13. The predicted octanol–water partition coefficient (Wildman–Crippen LogP) is 6.00. The van der Waals surface area contributed by atoms with Crippen LogP contribution in [0.2, 0.25) is 0 Å². The molecule has 0 atom stereocenters. The fourth-order valence-electron chi connectivity index (χ4n) is 3.66. The third-order valence-electron chi connectivity index (χ3n) is 5.31. The van der Waals surface area contributed by atoms with E-state index in [-0.39, 0.29) is 16.5 Å². The minimum Gasteiger partial charge on any atom is -0.319 e. The van der Waals surface area contributed by atoms with Crippen LogP contribution in [0.5, 0.6) is 0 Å². The summed E-state index contributed by atoms with van der Waals surface area (Å²) in [5.74, 6) is -0.701. The molecule has 1 N–H and O–H groups in total. The highest BCUT2D eigenvalue weighted by atomic mass is 79.9. The minimum absolute atomic E-state index is 0.0599. The highest BCUT2D eigenvalue weighted by Crippen LogP contribution is 2.32. The first-order valence-corrected chi connectivity index (χ1v) is 10.9. The normalized spacial score (nSPS) is 11.4. The average molecular weight is 528 g/mol. The highest BCUT2D eigenvalue weighted by molar-refractivity contribution is 9.10. The van der Waals surface area contributed by atoms with Crippen molar-refractivity contribution in [1.82, 2.24) is 14.8 Å². The zero-order valence-corrected chi connectivity index (χ0v) is 19.6. The van der Waals surface area contributed by atoms with E-state index in [1.54, 1.807) is 48.9 Å². The van der Waals surface area contributed by atoms with Crippen molar-refractivity contribution in [2.24, 2.45) is 0 Å². The molecule has 0 saturated carbocycles. The van der Waals surface area contributed by atoms with Crippen LogP contribution in [-0.2, 0) is 12.7 Å². The molecule has 0 aliphatic rings. The standard InChI is InChI=1S/C24H17BrF3N5O/c1-13-22(14(2)33(32-13)12-16-5-3-4-15(8-16)11-29)31-23(34)19-10-21(24(26,27)28)30-20-7-6-17(25)9-18(19)20/h3-10H,12H2,1-2H3,(H,31,34). The van der Waals surface area contributed by atoms with Gasteiger partial charge in [-0.2, -0.15) is 23.5 Å². The van der Waals surface area contributed by atoms with Crippen molar-refractivity contribution in [1.29, 1.82) is 5.26 Å². The van der Waals surface area contributed by atoms with Gasteiger partial charge in [-0.15, -0.1) is 0 Å². The van der Waals surface area contributed by atoms with Crippen LogP contribution in [0.3, 0.4) is 0 Å². The van der Waals surface area contributed by atoms with Gasteiger partial charge >= 0.3 is 6.18 Å². The van der Waals surface area contributed by atoms with Gasteiger partial charge in [0.2, 0.25) is 0 Å². The van der Waals surface area contributed by atoms with Crippen LogP contribution in [0.15, 0.2) is 53.0 Å². The number of pyridine rings is 1. The van der Waals surface area contributed by atoms with E-state index in [0.29, 0.717) is 33.7 Å². The number of benzene rings is 2. The molecule has 0 saturated heterocycles. The van der Waals surface area contributed by atoms with E-state index < -0.39 is 17.8 Å². The van der Waals surface area contributed by atoms with Crippen LogP contribution in [0, 0.1) is 25.2 Å². The maximum atomic E-state index is 13.4. The van der Waals surface area contributed by atoms with Gasteiger partial charge in [0.05, 0.1) is 46.3 Å². The number of nitriles is 1. The topological polar surface area (TPSA) is 83.6 Å². The van der Waals surface area contributed by atoms with Gasteiger partial charge in [0.1, 0.15) is 5.69 Å². The van der Waals surface area contributed by atoms with Crippen molar-refractivity contribution in [2.75, 3.05) is 5.32 Å². The summed E-state index contributed by atoms with van der Waals surface area (Å²) in [5, 5.41) is 16.6. The number of halogens is 4. The van der Waals surface area contributed by atoms with Crippen molar-refractivity contribution >= 4 is 38.4 Å². The SMILES string of the molecule is Cc1nn(Cc2cccc(C#N)c2)c(C)c1NC(=O)c1cc(C(F)(F)F)nc2ccc(Br)cc12. The van der Waals surface area contributed by atoms with E-state index in [9.17, 15) is 18.0 Å². The van der Waals surface area contributed by atoms with E-state index in [4.69, 9.17) is 5.26 Å². The van der Waals surface area contributed by atoms with Crippen molar-refractivity contribution in [2.45, 2.75) is 26.6 Å². The minimum atomic E-state index is -4.70. The van der Waals surface area contributed by atoms with Crippen molar-refractivity contribution in [3.63, 3.8) is 0 Å². The number of aromatic nitrogens is 3. The van der Waals surface area contributed by atoms with Gasteiger partial charge < -0.3 is 5.32 Å². The molecule has 2 aromatic carbocycles. The Bertz CT molecular complexity index is 1470. The molecule has 0 unspecified atom stereocenters. The molecule has 4 rings (SSSR count). The highest BCUT2D eigenvalue weighted by Gasteiger charge is 2.34. The molecule has 0 aliphatic carbocycles. The number of anilines is 1. The Morgan fingerprint density at radius 1 is 1.18 bits per heavy atom. The second-order valence-electron chi connectivity index (χ2n) is 7.68. The summed E-state index contributed by atoms with van der Waals surface area (Å²) in [6.07, 6.45) is -4.70. The summed E-state index contributed by atoms with van der Waals surface area (Å²) in [4.78, 5) is 16.9. The largest absolute Gasteiger partial charge is 0.433 e. The molecule has 172 valence electrons. The van der Waals surface area contributed by atoms with Crippen LogP contribution in [-0.4, -0.2) is 20.7 Å². The molecule has 6 nitrogen and oxygen atoms in total. The Balaban J connectivity index is 1.71. The Kier molecular flexibility index (Phi) is 6.15. The number of nitrogens with zero attached hydrogens (tertiary/aromatic N) is 4. The Morgan fingerprint density at radius 3 is 2.65 bits per heavy atom. The molecular formula is C24H17BrF3N5O. The number of carbonyl (C=O) groups is 1. The van der Waals surface area contributed by atoms with E-state index in [1.165, 1.54) is 6.07 Å². The van der Waals surface area contributed by atoms with Crippen molar-refractivity contribution < 1.29 is 18.0 Å². The van der Waals surface area contributed by atoms with Crippen LogP contribution in [0.4, 0.5) is 18.9 Å². The molecule has 1 amide bonds. The number of alkyl halides is 3. The number of rotatable bonds is 4. The first kappa shape index (κ1) is 23.4. The van der Waals surface area contributed by atoms with Gasteiger partial charge in [-0.1, -0.05) is 28.1 Å². The maximum Gasteiger partial charge on any atom is 0.433 e. The molecule has 0 spiro atoms. The zero-order chi connectivity index (χ0) is 24.6. The molecule has 4 aromatic rings. The molecule has 34 heavy (non-hydrogen) atoms. The van der Waals surface area contributed by atoms with Crippen molar-refractivity contribution in [3.05, 3.63) is 86.8 Å². The monoisotopic (exact) mass is 527 g/mol. The lowest BCUT2D eigenvalue weighted by Crippen LogP contribution is -2.17. The molecule has 0 radical (unpaired) electrons. The average Bonchev–Trinajstić information content (AvgIpc) is 3.05. The van der Waals surface area contributed by atoms with Crippen molar-refractivity contribution in [3.8, 4) is 6.07 Å². The fraction of sp³-hybridized carbons (Fsp3) is 0.167. The summed E-state index contributed by atoms with van der Waals surface area (Å²) in [6, 6.07) is 14.5. The Hall–Kier alpha value is -3.71. The number of aryl methyl sites for hydroxylation is 1. The van der Waals surface area contributed by atoms with E-state index in [2.05, 4.69) is 37.4 Å². The van der Waals surface area contributed by atoms with Gasteiger partial charge in [0, 0.05) is 9.86 Å². The number of nitrogens with one attached hydrogen (secondary N) is 1. The number of carbonyl (C=O) groups excluding carboxylic acids is 1. The van der Waals surface area contributed by atoms with E-state index in [1.807, 2.05) is 6.07 Å². The smallest absolute Gasteiger partial charge is 0.319 e. The quantitative estimate of drug-likeness (QED) is 0.352. The maximum absolute atomic E-state index is 13.4. The molecule has 2 aromatic heterocycles. The van der Waals surface area contributed by atoms with E-state index in [0.717, 1.165) is 11.6 Å². The number of amides is 1. The Morgan fingerprint density at radius 2 is 1.94 bits per heavy atom. The number of hydrogen-bond donors (Lipinski definition) is 1. The van der Waals surface area contributed by atoms with Gasteiger partial charge in [-0.05, 0) is 55.8 Å². The summed E-state index contributed by atoms with van der Waals surface area (Å²) in [5.41, 5.74) is 1.69. The third kappa shape index (κ3) is 4.65. The fourth-order valence-corrected chi connectivity index (χ4v) is 4.02. The van der Waals surface area contributed by atoms with Gasteiger partial charge in [0.15, 0.2) is 0 Å². The first-order valence-electron chi connectivity index (χ1n) is 10.1. The van der Waals surface area contributed by atoms with Crippen LogP contribution in [0.1, 0.15) is 38.6 Å². The summed E-state index contributed by atoms with van der Waals surface area (Å²) < 4.78 is 42.5. The van der Waals surface area contributed by atoms with Gasteiger partial charge in [0.25, 0.3) is 5.91 Å². The molecule has 0 fully saturated rings. The molecule has 10 heteroatoms. The number of hydrogen-bond acceptors (Lipinski definition) is 4.